The molecule has 0 bridgehead atoms. The number of hydrogen-bond acceptors (Lipinski definition) is 4. The van der Waals surface area contributed by atoms with Crippen molar-refractivity contribution in [3.05, 3.63) is 23.4 Å². The third-order valence-electron chi connectivity index (χ3n) is 6.65. The number of likely N-dealkylation sites (tertiary alicyclic amines) is 2. The van der Waals surface area contributed by atoms with Crippen LogP contribution in [0.4, 0.5) is 4.79 Å². The molecule has 0 aromatic rings. The lowest BCUT2D eigenvalue weighted by Gasteiger charge is -2.42. The highest BCUT2D eigenvalue weighted by Gasteiger charge is 2.40. The average Bonchev–Trinajstić information content (AvgIpc) is 3.04. The van der Waals surface area contributed by atoms with E-state index in [1.807, 2.05) is 11.8 Å². The lowest BCUT2D eigenvalue weighted by atomic mass is 9.78. The topological polar surface area (TPSA) is 61.9 Å². The molecule has 0 radical (unpaired) electrons. The SMILES string of the molecule is CCOC(=O)N1CCC(N2CCC(C3C(=O)NC4=C3C=CCC4)CC2)CC1. The van der Waals surface area contributed by atoms with Gasteiger partial charge in [0.1, 0.15) is 0 Å². The van der Waals surface area contributed by atoms with Gasteiger partial charge in [0.05, 0.1) is 12.5 Å². The van der Waals surface area contributed by atoms with Gasteiger partial charge in [-0.25, -0.2) is 4.79 Å². The Morgan fingerprint density at radius 3 is 2.63 bits per heavy atom. The van der Waals surface area contributed by atoms with Crippen molar-refractivity contribution in [3.63, 3.8) is 0 Å². The van der Waals surface area contributed by atoms with E-state index in [0.717, 1.165) is 64.7 Å². The zero-order valence-corrected chi connectivity index (χ0v) is 16.3. The molecule has 0 aromatic heterocycles. The summed E-state index contributed by atoms with van der Waals surface area (Å²) in [4.78, 5) is 28.8. The first kappa shape index (κ1) is 18.5. The highest BCUT2D eigenvalue weighted by atomic mass is 16.6. The molecule has 2 saturated heterocycles. The van der Waals surface area contributed by atoms with Crippen LogP contribution in [0.25, 0.3) is 0 Å². The Morgan fingerprint density at radius 2 is 1.93 bits per heavy atom. The number of nitrogens with one attached hydrogen (secondary N) is 1. The number of hydrogen-bond donors (Lipinski definition) is 1. The molecule has 0 spiro atoms. The lowest BCUT2D eigenvalue weighted by Crippen LogP contribution is -2.49. The van der Waals surface area contributed by atoms with E-state index in [2.05, 4.69) is 22.4 Å². The third kappa shape index (κ3) is 3.77. The van der Waals surface area contributed by atoms with E-state index in [1.165, 1.54) is 11.3 Å². The maximum absolute atomic E-state index is 12.5. The Kier molecular flexibility index (Phi) is 5.53. The van der Waals surface area contributed by atoms with Crippen molar-refractivity contribution in [1.82, 2.24) is 15.1 Å². The number of nitrogens with zero attached hydrogens (tertiary/aromatic N) is 2. The first-order valence-electron chi connectivity index (χ1n) is 10.5. The molecule has 4 rings (SSSR count). The molecule has 148 valence electrons. The predicted molar refractivity (Wildman–Crippen MR) is 103 cm³/mol. The smallest absolute Gasteiger partial charge is 0.409 e. The summed E-state index contributed by atoms with van der Waals surface area (Å²) in [6.45, 7) is 5.98. The van der Waals surface area contributed by atoms with E-state index < -0.39 is 0 Å². The molecule has 1 N–H and O–H groups in total. The maximum Gasteiger partial charge on any atom is 0.409 e. The predicted octanol–water partition coefficient (Wildman–Crippen LogP) is 2.67. The van der Waals surface area contributed by atoms with E-state index in [-0.39, 0.29) is 17.9 Å². The Bertz CT molecular complexity index is 641. The number of allylic oxidation sites excluding steroid dienone is 3. The van der Waals surface area contributed by atoms with Crippen LogP contribution in [0.3, 0.4) is 0 Å². The Labute approximate surface area is 161 Å². The number of piperidine rings is 2. The Balaban J connectivity index is 1.29. The van der Waals surface area contributed by atoms with E-state index in [9.17, 15) is 9.59 Å². The molecule has 1 unspecified atom stereocenters. The highest BCUT2D eigenvalue weighted by molar-refractivity contribution is 5.88. The first-order chi connectivity index (χ1) is 13.2. The normalized spacial score (nSPS) is 27.7. The molecular formula is C21H31N3O3. The molecule has 27 heavy (non-hydrogen) atoms. The zero-order valence-electron chi connectivity index (χ0n) is 16.3. The van der Waals surface area contributed by atoms with Crippen molar-refractivity contribution < 1.29 is 14.3 Å². The number of rotatable bonds is 3. The van der Waals surface area contributed by atoms with Gasteiger partial charge in [-0.05, 0) is 70.0 Å². The summed E-state index contributed by atoms with van der Waals surface area (Å²) >= 11 is 0. The fourth-order valence-electron chi connectivity index (χ4n) is 5.19. The molecule has 0 saturated carbocycles. The van der Waals surface area contributed by atoms with Crippen LogP contribution in [-0.4, -0.2) is 60.6 Å². The second-order valence-electron chi connectivity index (χ2n) is 8.13. The molecule has 0 aromatic carbocycles. The van der Waals surface area contributed by atoms with Gasteiger partial charge in [-0.2, -0.15) is 0 Å². The summed E-state index contributed by atoms with van der Waals surface area (Å²) in [5.74, 6) is 0.730. The molecule has 6 nitrogen and oxygen atoms in total. The van der Waals surface area contributed by atoms with Crippen LogP contribution in [0.2, 0.25) is 0 Å². The molecule has 1 atom stereocenters. The van der Waals surface area contributed by atoms with E-state index in [0.29, 0.717) is 18.6 Å². The van der Waals surface area contributed by atoms with Crippen LogP contribution in [-0.2, 0) is 9.53 Å². The van der Waals surface area contributed by atoms with Crippen LogP contribution < -0.4 is 5.32 Å². The molecule has 6 heteroatoms. The number of carbonyl (C=O) groups excluding carboxylic acids is 2. The van der Waals surface area contributed by atoms with Crippen LogP contribution >= 0.6 is 0 Å². The number of ether oxygens (including phenoxy) is 1. The molecular weight excluding hydrogens is 342 g/mol. The fraction of sp³-hybridized carbons (Fsp3) is 0.714. The number of amides is 2. The van der Waals surface area contributed by atoms with Gasteiger partial charge < -0.3 is 19.9 Å². The van der Waals surface area contributed by atoms with Gasteiger partial charge in [-0.1, -0.05) is 12.2 Å². The average molecular weight is 373 g/mol. The van der Waals surface area contributed by atoms with Gasteiger partial charge >= 0.3 is 6.09 Å². The minimum absolute atomic E-state index is 0.0596. The fourth-order valence-corrected chi connectivity index (χ4v) is 5.19. The summed E-state index contributed by atoms with van der Waals surface area (Å²) in [6, 6.07) is 0.554. The highest BCUT2D eigenvalue weighted by Crippen LogP contribution is 2.39. The first-order valence-corrected chi connectivity index (χ1v) is 10.5. The molecule has 2 fully saturated rings. The van der Waals surface area contributed by atoms with E-state index >= 15 is 0 Å². The van der Waals surface area contributed by atoms with Crippen molar-refractivity contribution in [2.45, 2.75) is 51.5 Å². The standard InChI is InChI=1S/C21H31N3O3/c1-2-27-21(26)24-13-9-16(10-14-24)23-11-7-15(8-12-23)19-17-5-3-4-6-18(17)22-20(19)25/h3,5,15-16,19H,2,4,6-14H2,1H3,(H,22,25). The van der Waals surface area contributed by atoms with E-state index in [4.69, 9.17) is 4.74 Å². The molecule has 3 heterocycles. The summed E-state index contributed by atoms with van der Waals surface area (Å²) in [5.41, 5.74) is 2.42. The molecule has 3 aliphatic heterocycles. The van der Waals surface area contributed by atoms with Gasteiger partial charge in [0, 0.05) is 24.8 Å². The van der Waals surface area contributed by atoms with Gasteiger partial charge in [0.25, 0.3) is 0 Å². The minimum Gasteiger partial charge on any atom is -0.450 e. The van der Waals surface area contributed by atoms with Crippen LogP contribution in [0.15, 0.2) is 23.4 Å². The zero-order chi connectivity index (χ0) is 18.8. The van der Waals surface area contributed by atoms with E-state index in [1.54, 1.807) is 0 Å². The summed E-state index contributed by atoms with van der Waals surface area (Å²) < 4.78 is 5.11. The van der Waals surface area contributed by atoms with Crippen molar-refractivity contribution in [2.75, 3.05) is 32.8 Å². The maximum atomic E-state index is 12.5. The van der Waals surface area contributed by atoms with Crippen molar-refractivity contribution >= 4 is 12.0 Å². The van der Waals surface area contributed by atoms with Gasteiger partial charge in [0.15, 0.2) is 0 Å². The van der Waals surface area contributed by atoms with Gasteiger partial charge in [0.2, 0.25) is 5.91 Å². The Hall–Kier alpha value is -1.82. The monoisotopic (exact) mass is 373 g/mol. The van der Waals surface area contributed by atoms with Crippen molar-refractivity contribution in [2.24, 2.45) is 11.8 Å². The summed E-state index contributed by atoms with van der Waals surface area (Å²) in [6.07, 6.45) is 10.4. The summed E-state index contributed by atoms with van der Waals surface area (Å²) in [7, 11) is 0. The van der Waals surface area contributed by atoms with Crippen molar-refractivity contribution in [3.8, 4) is 0 Å². The van der Waals surface area contributed by atoms with Crippen LogP contribution in [0.1, 0.15) is 45.4 Å². The molecule has 2 amide bonds. The summed E-state index contributed by atoms with van der Waals surface area (Å²) in [5, 5.41) is 3.13. The number of carbonyl (C=O) groups is 2. The minimum atomic E-state index is -0.175. The van der Waals surface area contributed by atoms with Crippen molar-refractivity contribution in [1.29, 1.82) is 0 Å². The lowest BCUT2D eigenvalue weighted by molar-refractivity contribution is -0.124. The molecule has 4 aliphatic rings. The van der Waals surface area contributed by atoms with Crippen LogP contribution in [0, 0.1) is 11.8 Å². The quantitative estimate of drug-likeness (QED) is 0.826. The third-order valence-corrected chi connectivity index (χ3v) is 6.65. The second kappa shape index (κ2) is 8.05. The van der Waals surface area contributed by atoms with Gasteiger partial charge in [-0.15, -0.1) is 0 Å². The van der Waals surface area contributed by atoms with Gasteiger partial charge in [-0.3, -0.25) is 4.79 Å². The molecule has 1 aliphatic carbocycles. The largest absolute Gasteiger partial charge is 0.450 e. The second-order valence-corrected chi connectivity index (χ2v) is 8.13. The Morgan fingerprint density at radius 1 is 1.19 bits per heavy atom. The van der Waals surface area contributed by atoms with Crippen LogP contribution in [0.5, 0.6) is 0 Å².